The molecular weight excluding hydrogens is 556 g/mol. The second-order valence-electron chi connectivity index (χ2n) is 8.98. The summed E-state index contributed by atoms with van der Waals surface area (Å²) < 4.78 is 57.5. The number of hydrogen-bond donors (Lipinski definition) is 0. The van der Waals surface area contributed by atoms with Gasteiger partial charge in [0.15, 0.2) is 24.6 Å². The lowest BCUT2D eigenvalue weighted by Crippen LogP contribution is -2.47. The Kier molecular flexibility index (Phi) is 9.84. The van der Waals surface area contributed by atoms with E-state index in [4.69, 9.17) is 27.9 Å². The summed E-state index contributed by atoms with van der Waals surface area (Å²) in [5.74, 6) is -2.32. The molecule has 0 saturated carbocycles. The van der Waals surface area contributed by atoms with Crippen molar-refractivity contribution in [3.05, 3.63) is 108 Å². The average molecular weight is 585 g/mol. The van der Waals surface area contributed by atoms with E-state index in [9.17, 15) is 22.8 Å². The molecule has 41 heavy (non-hydrogen) atoms. The lowest BCUT2D eigenvalue weighted by Gasteiger charge is -2.28. The normalized spacial score (nSPS) is 21.0. The molecule has 1 aliphatic heterocycles. The fraction of sp³-hybridized carbons (Fsp3) is 0.276. The van der Waals surface area contributed by atoms with Gasteiger partial charge >= 0.3 is 17.9 Å². The molecule has 4 rings (SSSR count). The van der Waals surface area contributed by atoms with Crippen LogP contribution in [0.15, 0.2) is 91.0 Å². The molecule has 0 N–H and O–H groups in total. The van der Waals surface area contributed by atoms with Crippen molar-refractivity contribution in [2.24, 2.45) is 0 Å². The number of rotatable bonds is 11. The van der Waals surface area contributed by atoms with Crippen molar-refractivity contribution in [2.45, 2.75) is 30.7 Å². The minimum Gasteiger partial charge on any atom is -0.458 e. The standard InChI is InChI=1S/C29H28O11S/c1-35-29-25(40-41(2,33)34)24(38-28(32)21-16-10-5-11-17-21)23(39-29)22(37-27(31)20-14-8-4-9-15-20)18-36-26(30)19-12-6-3-7-13-19/h3-17,22-25,29H,18H2,1-2H3/t22-,23+,24-,25+,29-/m1/s1. The number of methoxy groups -OCH3 is 1. The fourth-order valence-electron chi connectivity index (χ4n) is 4.13. The summed E-state index contributed by atoms with van der Waals surface area (Å²) in [4.78, 5) is 38.8. The Morgan fingerprint density at radius 1 is 0.756 bits per heavy atom. The molecular formula is C29H28O11S. The van der Waals surface area contributed by atoms with E-state index < -0.39 is 65.3 Å². The molecule has 1 fully saturated rings. The van der Waals surface area contributed by atoms with Crippen LogP contribution in [0, 0.1) is 0 Å². The molecule has 0 unspecified atom stereocenters. The second-order valence-corrected chi connectivity index (χ2v) is 10.6. The predicted molar refractivity (Wildman–Crippen MR) is 143 cm³/mol. The smallest absolute Gasteiger partial charge is 0.338 e. The second kappa shape index (κ2) is 13.5. The van der Waals surface area contributed by atoms with Crippen LogP contribution in [0.3, 0.4) is 0 Å². The number of esters is 3. The van der Waals surface area contributed by atoms with Gasteiger partial charge in [-0.2, -0.15) is 8.42 Å². The molecule has 3 aromatic carbocycles. The highest BCUT2D eigenvalue weighted by Crippen LogP contribution is 2.32. The first-order valence-electron chi connectivity index (χ1n) is 12.5. The van der Waals surface area contributed by atoms with Crippen LogP contribution in [0.2, 0.25) is 0 Å². The van der Waals surface area contributed by atoms with E-state index in [1.807, 2.05) is 0 Å². The van der Waals surface area contributed by atoms with Gasteiger partial charge in [0.2, 0.25) is 0 Å². The first-order chi connectivity index (χ1) is 19.7. The molecule has 0 aliphatic carbocycles. The molecule has 0 bridgehead atoms. The van der Waals surface area contributed by atoms with E-state index >= 15 is 0 Å². The lowest BCUT2D eigenvalue weighted by atomic mass is 10.1. The van der Waals surface area contributed by atoms with E-state index in [1.54, 1.807) is 66.7 Å². The van der Waals surface area contributed by atoms with Crippen LogP contribution in [-0.2, 0) is 38.0 Å². The summed E-state index contributed by atoms with van der Waals surface area (Å²) in [6.07, 6.45) is -6.23. The summed E-state index contributed by atoms with van der Waals surface area (Å²) in [6.45, 7) is -0.529. The molecule has 1 aliphatic rings. The highest BCUT2D eigenvalue weighted by atomic mass is 32.2. The quantitative estimate of drug-likeness (QED) is 0.187. The largest absolute Gasteiger partial charge is 0.458 e. The van der Waals surface area contributed by atoms with Crippen LogP contribution in [0.5, 0.6) is 0 Å². The van der Waals surface area contributed by atoms with Crippen molar-refractivity contribution in [3.63, 3.8) is 0 Å². The molecule has 0 spiro atoms. The van der Waals surface area contributed by atoms with Gasteiger partial charge in [-0.05, 0) is 36.4 Å². The summed E-state index contributed by atoms with van der Waals surface area (Å²) in [5.41, 5.74) is 0.599. The number of carbonyl (C=O) groups is 3. The van der Waals surface area contributed by atoms with Crippen molar-refractivity contribution >= 4 is 28.0 Å². The van der Waals surface area contributed by atoms with Crippen LogP contribution in [-0.4, -0.2) is 77.0 Å². The molecule has 0 aromatic heterocycles. The van der Waals surface area contributed by atoms with Crippen molar-refractivity contribution in [2.75, 3.05) is 20.0 Å². The van der Waals surface area contributed by atoms with Crippen LogP contribution in [0.1, 0.15) is 31.1 Å². The van der Waals surface area contributed by atoms with Crippen LogP contribution < -0.4 is 0 Å². The van der Waals surface area contributed by atoms with Gasteiger partial charge in [-0.15, -0.1) is 0 Å². The molecule has 0 amide bonds. The molecule has 216 valence electrons. The summed E-state index contributed by atoms with van der Waals surface area (Å²) in [5, 5.41) is 0. The minimum atomic E-state index is -4.11. The summed E-state index contributed by atoms with van der Waals surface area (Å²) >= 11 is 0. The Bertz CT molecular complexity index is 1430. The van der Waals surface area contributed by atoms with Gasteiger partial charge in [-0.3, -0.25) is 4.18 Å². The zero-order valence-corrected chi connectivity index (χ0v) is 23.0. The van der Waals surface area contributed by atoms with Crippen LogP contribution in [0.4, 0.5) is 0 Å². The Labute approximate surface area is 237 Å². The van der Waals surface area contributed by atoms with Gasteiger partial charge in [-0.1, -0.05) is 54.6 Å². The van der Waals surface area contributed by atoms with Crippen molar-refractivity contribution in [1.82, 2.24) is 0 Å². The average Bonchev–Trinajstić information content (AvgIpc) is 3.31. The molecule has 0 radical (unpaired) electrons. The predicted octanol–water partition coefficient (Wildman–Crippen LogP) is 3.01. The van der Waals surface area contributed by atoms with E-state index in [-0.39, 0.29) is 16.7 Å². The Hall–Kier alpha value is -4.10. The molecule has 3 aromatic rings. The topological polar surface area (TPSA) is 141 Å². The number of carbonyl (C=O) groups excluding carboxylic acids is 3. The monoisotopic (exact) mass is 584 g/mol. The molecule has 1 saturated heterocycles. The van der Waals surface area contributed by atoms with E-state index in [0.717, 1.165) is 6.26 Å². The first-order valence-corrected chi connectivity index (χ1v) is 14.3. The van der Waals surface area contributed by atoms with Gasteiger partial charge in [0.25, 0.3) is 10.1 Å². The maximum Gasteiger partial charge on any atom is 0.338 e. The van der Waals surface area contributed by atoms with Crippen molar-refractivity contribution in [1.29, 1.82) is 0 Å². The lowest BCUT2D eigenvalue weighted by molar-refractivity contribution is -0.164. The first kappa shape index (κ1) is 29.9. The zero-order valence-electron chi connectivity index (χ0n) is 22.2. The van der Waals surface area contributed by atoms with Crippen LogP contribution >= 0.6 is 0 Å². The van der Waals surface area contributed by atoms with Gasteiger partial charge in [0, 0.05) is 7.11 Å². The zero-order chi connectivity index (χ0) is 29.4. The molecule has 1 heterocycles. The number of ether oxygens (including phenoxy) is 5. The van der Waals surface area contributed by atoms with E-state index in [2.05, 4.69) is 0 Å². The van der Waals surface area contributed by atoms with Crippen molar-refractivity contribution < 1.29 is 50.7 Å². The minimum absolute atomic E-state index is 0.165. The third-order valence-corrected chi connectivity index (χ3v) is 6.57. The van der Waals surface area contributed by atoms with Gasteiger partial charge < -0.3 is 23.7 Å². The third kappa shape index (κ3) is 7.98. The summed E-state index contributed by atoms with van der Waals surface area (Å²) in [6, 6.07) is 24.1. The summed E-state index contributed by atoms with van der Waals surface area (Å²) in [7, 11) is -2.87. The van der Waals surface area contributed by atoms with E-state index in [0.29, 0.717) is 0 Å². The van der Waals surface area contributed by atoms with Crippen LogP contribution in [0.25, 0.3) is 0 Å². The van der Waals surface area contributed by atoms with Gasteiger partial charge in [0.1, 0.15) is 12.7 Å². The molecule has 12 heteroatoms. The van der Waals surface area contributed by atoms with E-state index in [1.165, 1.54) is 31.4 Å². The highest BCUT2D eigenvalue weighted by molar-refractivity contribution is 7.86. The maximum atomic E-state index is 13.1. The number of benzene rings is 3. The maximum absolute atomic E-state index is 13.1. The van der Waals surface area contributed by atoms with Gasteiger partial charge in [-0.25, -0.2) is 14.4 Å². The van der Waals surface area contributed by atoms with Crippen molar-refractivity contribution in [3.8, 4) is 0 Å². The Morgan fingerprint density at radius 2 is 1.24 bits per heavy atom. The Balaban J connectivity index is 1.67. The number of hydrogen-bond acceptors (Lipinski definition) is 11. The third-order valence-electron chi connectivity index (χ3n) is 6.00. The highest BCUT2D eigenvalue weighted by Gasteiger charge is 2.54. The molecule has 5 atom stereocenters. The Morgan fingerprint density at radius 3 is 1.73 bits per heavy atom. The fourth-order valence-corrected chi connectivity index (χ4v) is 4.74. The van der Waals surface area contributed by atoms with Gasteiger partial charge in [0.05, 0.1) is 22.9 Å². The SMILES string of the molecule is CO[C@@H]1O[C@@H]([C@@H](COC(=O)c2ccccc2)OC(=O)c2ccccc2)[C@@H](OC(=O)c2ccccc2)[C@@H]1OS(C)(=O)=O. The molecule has 11 nitrogen and oxygen atoms in total.